The number of alkyl carbamates (subject to hydrolysis) is 1. The number of nitrogen functional groups attached to an aromatic ring is 1. The molecule has 4 N–H and O–H groups in total. The molecule has 2 rings (SSSR count). The van der Waals surface area contributed by atoms with Crippen molar-refractivity contribution in [3.63, 3.8) is 0 Å². The van der Waals surface area contributed by atoms with Crippen LogP contribution in [0.1, 0.15) is 54.0 Å². The highest BCUT2D eigenvalue weighted by atomic mass is 16.7. The first-order chi connectivity index (χ1) is 12.7. The van der Waals surface area contributed by atoms with Gasteiger partial charge in [-0.05, 0) is 60.0 Å². The summed E-state index contributed by atoms with van der Waals surface area (Å²) >= 11 is 0. The first-order valence-corrected chi connectivity index (χ1v) is 9.32. The van der Waals surface area contributed by atoms with Gasteiger partial charge in [0.15, 0.2) is 0 Å². The number of nitrogens with two attached hydrogens (primary N) is 1. The average Bonchev–Trinajstić information content (AvgIpc) is 2.74. The Morgan fingerprint density at radius 1 is 1.25 bits per heavy atom. The molecule has 1 aromatic carbocycles. The Bertz CT molecular complexity index is 752. The summed E-state index contributed by atoms with van der Waals surface area (Å²) in [5.74, 6) is -0.0335. The van der Waals surface area contributed by atoms with E-state index in [0.717, 1.165) is 0 Å². The van der Waals surface area contributed by atoms with E-state index in [4.69, 9.17) is 19.8 Å². The Hall–Kier alpha value is -2.19. The SMILES string of the molecule is CC(C)(C)OC(=O)NCC(=Cc1cccc(N)c1O)B1OC(C)(C)C(C)(C)O1. The van der Waals surface area contributed by atoms with E-state index in [-0.39, 0.29) is 18.0 Å². The van der Waals surface area contributed by atoms with Crippen molar-refractivity contribution < 1.29 is 23.9 Å². The summed E-state index contributed by atoms with van der Waals surface area (Å²) in [7, 11) is -0.694. The molecule has 0 atom stereocenters. The molecule has 0 spiro atoms. The molecule has 1 amide bonds. The van der Waals surface area contributed by atoms with Gasteiger partial charge in [0.1, 0.15) is 11.4 Å². The van der Waals surface area contributed by atoms with Gasteiger partial charge in [-0.1, -0.05) is 18.2 Å². The van der Waals surface area contributed by atoms with Crippen molar-refractivity contribution in [3.05, 3.63) is 29.2 Å². The van der Waals surface area contributed by atoms with Crippen molar-refractivity contribution in [1.82, 2.24) is 5.32 Å². The van der Waals surface area contributed by atoms with Gasteiger partial charge in [-0.2, -0.15) is 0 Å². The molecule has 0 bridgehead atoms. The number of para-hydroxylation sites is 1. The minimum atomic E-state index is -0.694. The predicted octanol–water partition coefficient (Wildman–Crippen LogP) is 3.51. The fraction of sp³-hybridized carbons (Fsp3) is 0.550. The standard InChI is InChI=1S/C20H31BN2O5/c1-18(2,3)26-17(25)23-12-14(11-13-9-8-10-15(22)16(13)24)21-27-19(4,5)20(6,7)28-21/h8-11,24H,12,22H2,1-7H3,(H,23,25). The molecule has 1 aliphatic rings. The van der Waals surface area contributed by atoms with Crippen LogP contribution in [0.4, 0.5) is 10.5 Å². The molecule has 1 aromatic rings. The Balaban J connectivity index is 2.30. The lowest BCUT2D eigenvalue weighted by Gasteiger charge is -2.32. The number of rotatable bonds is 4. The van der Waals surface area contributed by atoms with Gasteiger partial charge in [-0.3, -0.25) is 0 Å². The summed E-state index contributed by atoms with van der Waals surface area (Å²) in [4.78, 5) is 12.1. The van der Waals surface area contributed by atoms with Crippen molar-refractivity contribution in [2.75, 3.05) is 12.3 Å². The van der Waals surface area contributed by atoms with Crippen molar-refractivity contribution >= 4 is 25.0 Å². The maximum absolute atomic E-state index is 12.1. The lowest BCUT2D eigenvalue weighted by Crippen LogP contribution is -2.41. The van der Waals surface area contributed by atoms with E-state index in [1.165, 1.54) is 0 Å². The second-order valence-corrected chi connectivity index (χ2v) is 8.95. The quantitative estimate of drug-likeness (QED) is 0.413. The monoisotopic (exact) mass is 390 g/mol. The summed E-state index contributed by atoms with van der Waals surface area (Å²) in [5.41, 5.74) is 5.51. The van der Waals surface area contributed by atoms with Crippen LogP contribution < -0.4 is 11.1 Å². The normalized spacial score (nSPS) is 18.8. The van der Waals surface area contributed by atoms with Crippen LogP contribution in [0.25, 0.3) is 6.08 Å². The zero-order chi connectivity index (χ0) is 21.3. The van der Waals surface area contributed by atoms with E-state index in [0.29, 0.717) is 11.0 Å². The molecule has 7 nitrogen and oxygen atoms in total. The summed E-state index contributed by atoms with van der Waals surface area (Å²) in [6.07, 6.45) is 1.16. The van der Waals surface area contributed by atoms with Gasteiger partial charge in [0, 0.05) is 12.1 Å². The van der Waals surface area contributed by atoms with Gasteiger partial charge >= 0.3 is 13.2 Å². The second kappa shape index (κ2) is 7.68. The topological polar surface area (TPSA) is 103 Å². The van der Waals surface area contributed by atoms with Crippen molar-refractivity contribution in [1.29, 1.82) is 0 Å². The molecule has 0 unspecified atom stereocenters. The van der Waals surface area contributed by atoms with Crippen LogP contribution in [0.3, 0.4) is 0 Å². The fourth-order valence-electron chi connectivity index (χ4n) is 2.58. The van der Waals surface area contributed by atoms with Crippen LogP contribution in [0.5, 0.6) is 5.75 Å². The third kappa shape index (κ3) is 5.20. The molecule has 0 aliphatic carbocycles. The van der Waals surface area contributed by atoms with Gasteiger partial charge in [0.05, 0.1) is 16.9 Å². The number of nitrogens with one attached hydrogen (secondary N) is 1. The maximum Gasteiger partial charge on any atom is 0.492 e. The van der Waals surface area contributed by atoms with Crippen LogP contribution >= 0.6 is 0 Å². The van der Waals surface area contributed by atoms with Crippen LogP contribution in [-0.2, 0) is 14.0 Å². The minimum Gasteiger partial charge on any atom is -0.505 e. The number of benzene rings is 1. The highest BCUT2D eigenvalue weighted by molar-refractivity contribution is 6.56. The zero-order valence-corrected chi connectivity index (χ0v) is 17.8. The fourth-order valence-corrected chi connectivity index (χ4v) is 2.58. The van der Waals surface area contributed by atoms with Gasteiger partial charge in [0.2, 0.25) is 0 Å². The number of amides is 1. The molecule has 1 heterocycles. The number of carbonyl (C=O) groups excluding carboxylic acids is 1. The van der Waals surface area contributed by atoms with Crippen LogP contribution in [0.15, 0.2) is 23.7 Å². The Morgan fingerprint density at radius 3 is 2.36 bits per heavy atom. The number of phenols is 1. The van der Waals surface area contributed by atoms with Gasteiger partial charge in [-0.15, -0.1) is 0 Å². The summed E-state index contributed by atoms with van der Waals surface area (Å²) in [6.45, 7) is 13.3. The zero-order valence-electron chi connectivity index (χ0n) is 17.8. The van der Waals surface area contributed by atoms with Gasteiger partial charge < -0.3 is 30.2 Å². The average molecular weight is 390 g/mol. The van der Waals surface area contributed by atoms with E-state index in [1.807, 2.05) is 27.7 Å². The molecule has 8 heteroatoms. The minimum absolute atomic E-state index is 0.0335. The van der Waals surface area contributed by atoms with Gasteiger partial charge in [-0.25, -0.2) is 4.79 Å². The first kappa shape index (κ1) is 22.1. The van der Waals surface area contributed by atoms with E-state index in [1.54, 1.807) is 45.0 Å². The third-order valence-electron chi connectivity index (χ3n) is 4.83. The smallest absolute Gasteiger partial charge is 0.492 e. The lowest BCUT2D eigenvalue weighted by molar-refractivity contribution is 0.00578. The summed E-state index contributed by atoms with van der Waals surface area (Å²) in [5, 5.41) is 13.0. The van der Waals surface area contributed by atoms with Crippen LogP contribution in [0.2, 0.25) is 0 Å². The maximum atomic E-state index is 12.1. The molecule has 0 aromatic heterocycles. The second-order valence-electron chi connectivity index (χ2n) is 8.95. The molecular formula is C20H31BN2O5. The Morgan fingerprint density at radius 2 is 1.82 bits per heavy atom. The van der Waals surface area contributed by atoms with Crippen molar-refractivity contribution in [2.24, 2.45) is 0 Å². The van der Waals surface area contributed by atoms with E-state index < -0.39 is 30.0 Å². The number of hydrogen-bond donors (Lipinski definition) is 3. The number of hydrogen-bond acceptors (Lipinski definition) is 6. The lowest BCUT2D eigenvalue weighted by atomic mass is 9.77. The molecule has 0 saturated carbocycles. The van der Waals surface area contributed by atoms with E-state index in [9.17, 15) is 9.90 Å². The van der Waals surface area contributed by atoms with Crippen LogP contribution in [-0.4, -0.2) is 41.7 Å². The number of ether oxygens (including phenoxy) is 1. The predicted molar refractivity (Wildman–Crippen MR) is 111 cm³/mol. The molecule has 154 valence electrons. The van der Waals surface area contributed by atoms with Crippen molar-refractivity contribution in [2.45, 2.75) is 65.3 Å². The van der Waals surface area contributed by atoms with Crippen molar-refractivity contribution in [3.8, 4) is 5.75 Å². The molecule has 1 saturated heterocycles. The molecule has 1 aliphatic heterocycles. The summed E-state index contributed by atoms with van der Waals surface area (Å²) in [6, 6.07) is 5.08. The molecule has 1 fully saturated rings. The van der Waals surface area contributed by atoms with Gasteiger partial charge in [0.25, 0.3) is 0 Å². The highest BCUT2D eigenvalue weighted by Gasteiger charge is 2.52. The number of phenolic OH excluding ortho intramolecular Hbond substituents is 1. The number of anilines is 1. The first-order valence-electron chi connectivity index (χ1n) is 9.32. The van der Waals surface area contributed by atoms with E-state index in [2.05, 4.69) is 5.32 Å². The Labute approximate surface area is 167 Å². The molecule has 28 heavy (non-hydrogen) atoms. The Kier molecular flexibility index (Phi) is 6.06. The molecule has 0 radical (unpaired) electrons. The highest BCUT2D eigenvalue weighted by Crippen LogP contribution is 2.39. The number of carbonyl (C=O) groups is 1. The number of aromatic hydroxyl groups is 1. The largest absolute Gasteiger partial charge is 0.505 e. The molecular weight excluding hydrogens is 359 g/mol. The van der Waals surface area contributed by atoms with Crippen LogP contribution in [0, 0.1) is 0 Å². The third-order valence-corrected chi connectivity index (χ3v) is 4.83. The summed E-state index contributed by atoms with van der Waals surface area (Å²) < 4.78 is 17.5. The van der Waals surface area contributed by atoms with E-state index >= 15 is 0 Å².